The van der Waals surface area contributed by atoms with Gasteiger partial charge in [0, 0.05) is 18.7 Å². The molecule has 0 bridgehead atoms. The van der Waals surface area contributed by atoms with Crippen LogP contribution in [0.3, 0.4) is 0 Å². The van der Waals surface area contributed by atoms with Gasteiger partial charge in [-0.15, -0.1) is 0 Å². The van der Waals surface area contributed by atoms with E-state index in [0.717, 1.165) is 24.2 Å². The predicted octanol–water partition coefficient (Wildman–Crippen LogP) is 4.29. The molecule has 3 aromatic rings. The van der Waals surface area contributed by atoms with Crippen molar-refractivity contribution in [2.75, 3.05) is 16.8 Å². The lowest BCUT2D eigenvalue weighted by atomic mass is 10.0. The molecule has 2 heterocycles. The van der Waals surface area contributed by atoms with Gasteiger partial charge in [0.1, 0.15) is 17.4 Å². The van der Waals surface area contributed by atoms with E-state index >= 15 is 0 Å². The number of benzene rings is 2. The van der Waals surface area contributed by atoms with Crippen LogP contribution in [0, 0.1) is 6.92 Å². The number of fused-ring (bicyclic) bond motifs is 1. The lowest BCUT2D eigenvalue weighted by Gasteiger charge is -2.30. The fourth-order valence-electron chi connectivity index (χ4n) is 3.75. The molecule has 1 aliphatic heterocycles. The number of nitrogens with one attached hydrogen (secondary N) is 1. The number of para-hydroxylation sites is 1. The van der Waals surface area contributed by atoms with Gasteiger partial charge in [0.15, 0.2) is 5.76 Å². The van der Waals surface area contributed by atoms with Crippen LogP contribution in [0.2, 0.25) is 0 Å². The maximum Gasteiger partial charge on any atom is 0.251 e. The molecule has 1 atom stereocenters. The van der Waals surface area contributed by atoms with Crippen LogP contribution in [-0.4, -0.2) is 17.6 Å². The van der Waals surface area contributed by atoms with Gasteiger partial charge in [-0.2, -0.15) is 0 Å². The summed E-state index contributed by atoms with van der Waals surface area (Å²) < 4.78 is 5.33. The Morgan fingerprint density at radius 2 is 1.93 bits per heavy atom. The van der Waals surface area contributed by atoms with Gasteiger partial charge in [0.25, 0.3) is 5.91 Å². The number of nitrogens with zero attached hydrogens (tertiary/aromatic N) is 2. The molecule has 5 nitrogen and oxygen atoms in total. The van der Waals surface area contributed by atoms with E-state index < -0.39 is 6.04 Å². The number of aryl methyl sites for hydroxylation is 2. The monoisotopic (exact) mass is 361 g/mol. The van der Waals surface area contributed by atoms with Crippen molar-refractivity contribution in [2.24, 2.45) is 0 Å². The maximum absolute atomic E-state index is 13.4. The van der Waals surface area contributed by atoms with Gasteiger partial charge < -0.3 is 14.7 Å². The van der Waals surface area contributed by atoms with Crippen LogP contribution >= 0.6 is 0 Å². The van der Waals surface area contributed by atoms with Gasteiger partial charge in [-0.25, -0.2) is 0 Å². The number of aromatic nitrogens is 1. The van der Waals surface area contributed by atoms with Crippen molar-refractivity contribution in [3.05, 3.63) is 77.2 Å². The minimum absolute atomic E-state index is 0.0705. The highest BCUT2D eigenvalue weighted by Gasteiger charge is 2.33. The second kappa shape index (κ2) is 7.27. The Morgan fingerprint density at radius 1 is 1.19 bits per heavy atom. The third kappa shape index (κ3) is 3.21. The van der Waals surface area contributed by atoms with Gasteiger partial charge in [-0.3, -0.25) is 4.79 Å². The number of amides is 1. The van der Waals surface area contributed by atoms with E-state index in [2.05, 4.69) is 27.5 Å². The molecule has 0 aliphatic carbocycles. The van der Waals surface area contributed by atoms with Crippen LogP contribution in [0.15, 0.2) is 59.1 Å². The molecule has 138 valence electrons. The molecular formula is C22H23N3O2. The second-order valence-electron chi connectivity index (χ2n) is 6.79. The molecule has 4 rings (SSSR count). The molecule has 1 aliphatic rings. The van der Waals surface area contributed by atoms with Crippen LogP contribution in [0.5, 0.6) is 0 Å². The summed E-state index contributed by atoms with van der Waals surface area (Å²) in [5, 5.41) is 7.08. The van der Waals surface area contributed by atoms with E-state index in [0.29, 0.717) is 23.6 Å². The predicted molar refractivity (Wildman–Crippen MR) is 106 cm³/mol. The summed E-state index contributed by atoms with van der Waals surface area (Å²) in [7, 11) is 0. The molecule has 0 fully saturated rings. The topological polar surface area (TPSA) is 58.4 Å². The highest BCUT2D eigenvalue weighted by Crippen LogP contribution is 2.36. The summed E-state index contributed by atoms with van der Waals surface area (Å²) in [6, 6.07) is 17.8. The first-order chi connectivity index (χ1) is 13.2. The van der Waals surface area contributed by atoms with Crippen LogP contribution in [0.1, 0.15) is 35.5 Å². The summed E-state index contributed by atoms with van der Waals surface area (Å²) in [6.45, 7) is 4.65. The Morgan fingerprint density at radius 3 is 2.70 bits per heavy atom. The fourth-order valence-corrected chi connectivity index (χ4v) is 3.75. The van der Waals surface area contributed by atoms with Gasteiger partial charge in [-0.1, -0.05) is 60.6 Å². The number of carbonyl (C=O) groups excluding carboxylic acids is 1. The highest BCUT2D eigenvalue weighted by atomic mass is 16.5. The van der Waals surface area contributed by atoms with Crippen molar-refractivity contribution in [1.82, 2.24) is 5.16 Å². The lowest BCUT2D eigenvalue weighted by molar-refractivity contribution is -0.117. The zero-order chi connectivity index (χ0) is 18.8. The highest BCUT2D eigenvalue weighted by molar-refractivity contribution is 5.98. The van der Waals surface area contributed by atoms with E-state index in [-0.39, 0.29) is 5.91 Å². The first-order valence-corrected chi connectivity index (χ1v) is 9.34. The molecule has 0 radical (unpaired) electrons. The molecule has 1 aromatic heterocycles. The maximum atomic E-state index is 13.4. The Labute approximate surface area is 159 Å². The normalized spacial score (nSPS) is 14.1. The molecule has 0 saturated heterocycles. The lowest BCUT2D eigenvalue weighted by Crippen LogP contribution is -2.36. The number of rotatable bonds is 5. The second-order valence-corrected chi connectivity index (χ2v) is 6.79. The minimum atomic E-state index is -0.408. The Kier molecular flexibility index (Phi) is 4.67. The molecule has 1 N–H and O–H groups in total. The Hall–Kier alpha value is -3.08. The van der Waals surface area contributed by atoms with Crippen LogP contribution in [0.4, 0.5) is 11.4 Å². The van der Waals surface area contributed by atoms with Crippen LogP contribution < -0.4 is 10.2 Å². The molecule has 0 spiro atoms. The Bertz CT molecular complexity index is 949. The van der Waals surface area contributed by atoms with Gasteiger partial charge in [0.2, 0.25) is 0 Å². The average molecular weight is 361 g/mol. The molecule has 1 amide bonds. The first kappa shape index (κ1) is 17.3. The third-order valence-corrected chi connectivity index (χ3v) is 5.10. The van der Waals surface area contributed by atoms with E-state index in [9.17, 15) is 4.79 Å². The zero-order valence-electron chi connectivity index (χ0n) is 15.6. The third-order valence-electron chi connectivity index (χ3n) is 5.10. The SMILES string of the molecule is CCc1onc(C)c1NC(=O)C(c1ccccc1)N1CCc2ccccc21. The van der Waals surface area contributed by atoms with Crippen molar-refractivity contribution in [2.45, 2.75) is 32.7 Å². The van der Waals surface area contributed by atoms with Gasteiger partial charge in [-0.05, 0) is 30.5 Å². The van der Waals surface area contributed by atoms with E-state index in [1.54, 1.807) is 0 Å². The van der Waals surface area contributed by atoms with Crippen LogP contribution in [-0.2, 0) is 17.6 Å². The number of hydrogen-bond donors (Lipinski definition) is 1. The molecular weight excluding hydrogens is 338 g/mol. The molecule has 27 heavy (non-hydrogen) atoms. The standard InChI is InChI=1S/C22H23N3O2/c1-3-19-20(15(2)24-27-19)23-22(26)21(17-10-5-4-6-11-17)25-14-13-16-9-7-8-12-18(16)25/h4-12,21H,3,13-14H2,1-2H3,(H,23,26). The summed E-state index contributed by atoms with van der Waals surface area (Å²) in [6.07, 6.45) is 1.62. The van der Waals surface area contributed by atoms with Crippen molar-refractivity contribution in [3.8, 4) is 0 Å². The largest absolute Gasteiger partial charge is 0.359 e. The fraction of sp³-hybridized carbons (Fsp3) is 0.273. The van der Waals surface area contributed by atoms with Gasteiger partial charge in [0.05, 0.1) is 0 Å². The molecule has 5 heteroatoms. The van der Waals surface area contributed by atoms with E-state index in [1.165, 1.54) is 5.56 Å². The number of carbonyl (C=O) groups is 1. The van der Waals surface area contributed by atoms with Crippen LogP contribution in [0.25, 0.3) is 0 Å². The minimum Gasteiger partial charge on any atom is -0.359 e. The quantitative estimate of drug-likeness (QED) is 0.737. The molecule has 0 saturated carbocycles. The number of hydrogen-bond acceptors (Lipinski definition) is 4. The molecule has 1 unspecified atom stereocenters. The van der Waals surface area contributed by atoms with E-state index in [4.69, 9.17) is 4.52 Å². The smallest absolute Gasteiger partial charge is 0.251 e. The van der Waals surface area contributed by atoms with Crippen molar-refractivity contribution < 1.29 is 9.32 Å². The van der Waals surface area contributed by atoms with E-state index in [1.807, 2.05) is 56.3 Å². The molecule has 2 aromatic carbocycles. The average Bonchev–Trinajstić information content (AvgIpc) is 3.27. The first-order valence-electron chi connectivity index (χ1n) is 9.34. The summed E-state index contributed by atoms with van der Waals surface area (Å²) in [5.74, 6) is 0.633. The summed E-state index contributed by atoms with van der Waals surface area (Å²) in [5.41, 5.74) is 4.77. The summed E-state index contributed by atoms with van der Waals surface area (Å²) in [4.78, 5) is 15.6. The van der Waals surface area contributed by atoms with Crippen molar-refractivity contribution in [3.63, 3.8) is 0 Å². The van der Waals surface area contributed by atoms with Crippen molar-refractivity contribution in [1.29, 1.82) is 0 Å². The van der Waals surface area contributed by atoms with Crippen molar-refractivity contribution >= 4 is 17.3 Å². The zero-order valence-corrected chi connectivity index (χ0v) is 15.6. The van der Waals surface area contributed by atoms with Gasteiger partial charge >= 0.3 is 0 Å². The summed E-state index contributed by atoms with van der Waals surface area (Å²) >= 11 is 0. The number of anilines is 2. The Balaban J connectivity index is 1.71.